The number of hydrogen-bond acceptors (Lipinski definition) is 7. The second-order valence-corrected chi connectivity index (χ2v) is 6.40. The first-order chi connectivity index (χ1) is 11.2. The second-order valence-electron chi connectivity index (χ2n) is 6.40. The zero-order valence-electron chi connectivity index (χ0n) is 13.6. The van der Waals surface area contributed by atoms with Crippen LogP contribution < -0.4 is 10.2 Å². The van der Waals surface area contributed by atoms with Crippen molar-refractivity contribution in [1.82, 2.24) is 0 Å². The van der Waals surface area contributed by atoms with Gasteiger partial charge in [-0.05, 0) is 13.8 Å². The largest absolute Gasteiger partial charge is 0.507 e. The normalized spacial score (nSPS) is 16.8. The van der Waals surface area contributed by atoms with Crippen LogP contribution in [0.2, 0.25) is 0 Å². The van der Waals surface area contributed by atoms with Gasteiger partial charge < -0.3 is 24.1 Å². The number of aliphatic hydroxyl groups is 1. The van der Waals surface area contributed by atoms with E-state index in [0.29, 0.717) is 11.3 Å². The number of aromatic hydroxyl groups is 1. The number of hydrogen-bond donors (Lipinski definition) is 2. The number of benzene rings is 1. The molecule has 0 spiro atoms. The smallest absolute Gasteiger partial charge is 0.303 e. The molecule has 0 fully saturated rings. The summed E-state index contributed by atoms with van der Waals surface area (Å²) in [6, 6.07) is 2.69. The monoisotopic (exact) mass is 334 g/mol. The van der Waals surface area contributed by atoms with Gasteiger partial charge in [-0.3, -0.25) is 9.59 Å². The van der Waals surface area contributed by atoms with Crippen molar-refractivity contribution >= 4 is 16.9 Å². The van der Waals surface area contributed by atoms with Crippen molar-refractivity contribution in [3.63, 3.8) is 0 Å². The third kappa shape index (κ3) is 2.82. The fraction of sp³-hybridized carbons (Fsp3) is 0.412. The molecule has 0 radical (unpaired) electrons. The number of phenols is 1. The Labute approximate surface area is 137 Å². The predicted octanol–water partition coefficient (Wildman–Crippen LogP) is 1.64. The van der Waals surface area contributed by atoms with Crippen LogP contribution in [0.25, 0.3) is 11.0 Å². The molecule has 1 aliphatic rings. The zero-order valence-corrected chi connectivity index (χ0v) is 13.6. The molecule has 0 saturated heterocycles. The number of ether oxygens (including phenoxy) is 2. The van der Waals surface area contributed by atoms with Gasteiger partial charge >= 0.3 is 5.97 Å². The van der Waals surface area contributed by atoms with Crippen LogP contribution in [0.4, 0.5) is 0 Å². The summed E-state index contributed by atoms with van der Waals surface area (Å²) in [5, 5.41) is 20.6. The Morgan fingerprint density at radius 3 is 2.75 bits per heavy atom. The Morgan fingerprint density at radius 1 is 1.42 bits per heavy atom. The van der Waals surface area contributed by atoms with Crippen molar-refractivity contribution in [3.8, 4) is 11.5 Å². The van der Waals surface area contributed by atoms with E-state index in [9.17, 15) is 19.8 Å². The van der Waals surface area contributed by atoms with E-state index in [0.717, 1.165) is 0 Å². The molecule has 0 aliphatic carbocycles. The summed E-state index contributed by atoms with van der Waals surface area (Å²) in [5.41, 5.74) is -0.937. The molecule has 2 N–H and O–H groups in total. The minimum Gasteiger partial charge on any atom is -0.507 e. The van der Waals surface area contributed by atoms with Gasteiger partial charge in [0.1, 0.15) is 40.9 Å². The van der Waals surface area contributed by atoms with Crippen LogP contribution in [0.5, 0.6) is 11.5 Å². The SMILES string of the molecule is CC(=O)OCc1cc(=O)c2c(O)c3c(cc2o1)OC(C(C)(C)O)C3. The Bertz CT molecular complexity index is 873. The highest BCUT2D eigenvalue weighted by atomic mass is 16.5. The Balaban J connectivity index is 2.08. The van der Waals surface area contributed by atoms with Crippen molar-refractivity contribution in [3.05, 3.63) is 33.7 Å². The van der Waals surface area contributed by atoms with Crippen LogP contribution in [0, 0.1) is 0 Å². The summed E-state index contributed by atoms with van der Waals surface area (Å²) < 4.78 is 16.0. The summed E-state index contributed by atoms with van der Waals surface area (Å²) in [4.78, 5) is 23.2. The Morgan fingerprint density at radius 2 is 2.12 bits per heavy atom. The molecular weight excluding hydrogens is 316 g/mol. The summed E-state index contributed by atoms with van der Waals surface area (Å²) in [6.07, 6.45) is -0.249. The number of esters is 1. The molecule has 2 aromatic rings. The molecule has 1 unspecified atom stereocenters. The highest BCUT2D eigenvalue weighted by molar-refractivity contribution is 5.87. The first kappa shape index (κ1) is 16.3. The maximum atomic E-state index is 12.3. The molecule has 7 heteroatoms. The van der Waals surface area contributed by atoms with E-state index in [4.69, 9.17) is 13.9 Å². The number of carbonyl (C=O) groups is 1. The summed E-state index contributed by atoms with van der Waals surface area (Å²) in [7, 11) is 0. The van der Waals surface area contributed by atoms with E-state index < -0.39 is 23.1 Å². The van der Waals surface area contributed by atoms with Gasteiger partial charge in [-0.2, -0.15) is 0 Å². The first-order valence-electron chi connectivity index (χ1n) is 7.51. The summed E-state index contributed by atoms with van der Waals surface area (Å²) in [6.45, 7) is 4.30. The summed E-state index contributed by atoms with van der Waals surface area (Å²) in [5.74, 6) is -0.174. The molecule has 1 aromatic carbocycles. The topological polar surface area (TPSA) is 106 Å². The van der Waals surface area contributed by atoms with Crippen LogP contribution in [0.15, 0.2) is 21.3 Å². The molecule has 3 rings (SSSR count). The van der Waals surface area contributed by atoms with E-state index in [1.165, 1.54) is 19.1 Å². The first-order valence-corrected chi connectivity index (χ1v) is 7.51. The average Bonchev–Trinajstić information content (AvgIpc) is 2.89. The van der Waals surface area contributed by atoms with Gasteiger partial charge in [-0.25, -0.2) is 0 Å². The molecule has 1 aromatic heterocycles. The fourth-order valence-corrected chi connectivity index (χ4v) is 2.69. The van der Waals surface area contributed by atoms with E-state index >= 15 is 0 Å². The highest BCUT2D eigenvalue weighted by Crippen LogP contribution is 2.42. The van der Waals surface area contributed by atoms with E-state index in [-0.39, 0.29) is 35.5 Å². The fourth-order valence-electron chi connectivity index (χ4n) is 2.69. The van der Waals surface area contributed by atoms with E-state index in [1.54, 1.807) is 13.8 Å². The number of fused-ring (bicyclic) bond motifs is 2. The number of rotatable bonds is 3. The van der Waals surface area contributed by atoms with Gasteiger partial charge in [0.25, 0.3) is 0 Å². The van der Waals surface area contributed by atoms with Crippen molar-refractivity contribution in [2.24, 2.45) is 0 Å². The maximum Gasteiger partial charge on any atom is 0.303 e. The maximum absolute atomic E-state index is 12.3. The lowest BCUT2D eigenvalue weighted by molar-refractivity contribution is -0.142. The van der Waals surface area contributed by atoms with Crippen molar-refractivity contribution in [2.45, 2.75) is 45.5 Å². The standard InChI is InChI=1S/C17H18O7/c1-8(18)22-7-9-4-11(19)15-13(23-9)6-12-10(16(15)20)5-14(24-12)17(2,3)21/h4,6,14,20-21H,5,7H2,1-3H3. The van der Waals surface area contributed by atoms with Gasteiger partial charge in [0, 0.05) is 31.0 Å². The molecule has 7 nitrogen and oxygen atoms in total. The molecule has 1 aliphatic heterocycles. The van der Waals surface area contributed by atoms with Crippen LogP contribution in [0.1, 0.15) is 32.1 Å². The average molecular weight is 334 g/mol. The van der Waals surface area contributed by atoms with Gasteiger partial charge in [0.15, 0.2) is 5.43 Å². The molecule has 2 heterocycles. The number of carbonyl (C=O) groups excluding carboxylic acids is 1. The van der Waals surface area contributed by atoms with E-state index in [1.807, 2.05) is 0 Å². The van der Waals surface area contributed by atoms with Crippen LogP contribution in [-0.2, 0) is 22.6 Å². The molecular formula is C17H18O7. The van der Waals surface area contributed by atoms with Crippen molar-refractivity contribution in [2.75, 3.05) is 0 Å². The van der Waals surface area contributed by atoms with Gasteiger partial charge in [-0.1, -0.05) is 0 Å². The van der Waals surface area contributed by atoms with Crippen LogP contribution in [-0.4, -0.2) is 27.9 Å². The Hall–Kier alpha value is -2.54. The minimum atomic E-state index is -1.10. The lowest BCUT2D eigenvalue weighted by Gasteiger charge is -2.24. The third-order valence-corrected chi connectivity index (χ3v) is 3.97. The molecule has 0 saturated carbocycles. The highest BCUT2D eigenvalue weighted by Gasteiger charge is 2.37. The zero-order chi connectivity index (χ0) is 17.6. The van der Waals surface area contributed by atoms with Crippen LogP contribution in [0.3, 0.4) is 0 Å². The van der Waals surface area contributed by atoms with Crippen LogP contribution >= 0.6 is 0 Å². The second kappa shape index (κ2) is 5.52. The van der Waals surface area contributed by atoms with Gasteiger partial charge in [-0.15, -0.1) is 0 Å². The van der Waals surface area contributed by atoms with Gasteiger partial charge in [0.2, 0.25) is 0 Å². The quantitative estimate of drug-likeness (QED) is 0.822. The van der Waals surface area contributed by atoms with E-state index in [2.05, 4.69) is 0 Å². The number of phenolic OH excluding ortho intramolecular Hbond substituents is 1. The predicted molar refractivity (Wildman–Crippen MR) is 84.0 cm³/mol. The van der Waals surface area contributed by atoms with Crippen molar-refractivity contribution in [1.29, 1.82) is 0 Å². The summed E-state index contributed by atoms with van der Waals surface area (Å²) >= 11 is 0. The van der Waals surface area contributed by atoms with Gasteiger partial charge in [0.05, 0.1) is 5.60 Å². The molecule has 0 amide bonds. The third-order valence-electron chi connectivity index (χ3n) is 3.97. The molecule has 0 bridgehead atoms. The lowest BCUT2D eigenvalue weighted by Crippen LogP contribution is -2.39. The minimum absolute atomic E-state index is 0.0420. The Kier molecular flexibility index (Phi) is 3.76. The molecule has 24 heavy (non-hydrogen) atoms. The lowest BCUT2D eigenvalue weighted by atomic mass is 9.96. The molecule has 128 valence electrons. The molecule has 1 atom stereocenters. The van der Waals surface area contributed by atoms with Crippen molar-refractivity contribution < 1.29 is 28.9 Å².